The number of ether oxygens (including phenoxy) is 3. The number of halogens is 1. The minimum Gasteiger partial charge on any atom is -0.493 e. The molecule has 3 aromatic rings. The highest BCUT2D eigenvalue weighted by atomic mass is 35.5. The second-order valence-electron chi connectivity index (χ2n) is 6.75. The molecule has 0 atom stereocenters. The van der Waals surface area contributed by atoms with Crippen LogP contribution in [0.5, 0.6) is 11.5 Å². The van der Waals surface area contributed by atoms with Crippen molar-refractivity contribution in [3.63, 3.8) is 0 Å². The maximum absolute atomic E-state index is 12.3. The SMILES string of the molecule is CCOc1cc(OCc2ccccc2)ccc1/C=C1/N=C(c2ccc(Cl)cc2)OC1=O. The summed E-state index contributed by atoms with van der Waals surface area (Å²) in [5, 5.41) is 0.598. The van der Waals surface area contributed by atoms with Crippen molar-refractivity contribution in [2.24, 2.45) is 4.99 Å². The zero-order valence-corrected chi connectivity index (χ0v) is 17.6. The van der Waals surface area contributed by atoms with Crippen molar-refractivity contribution in [2.75, 3.05) is 6.61 Å². The van der Waals surface area contributed by atoms with Crippen LogP contribution in [-0.4, -0.2) is 18.5 Å². The molecule has 1 heterocycles. The van der Waals surface area contributed by atoms with E-state index in [1.807, 2.05) is 55.5 Å². The summed E-state index contributed by atoms with van der Waals surface area (Å²) in [6.45, 7) is 2.82. The highest BCUT2D eigenvalue weighted by Crippen LogP contribution is 2.29. The van der Waals surface area contributed by atoms with Gasteiger partial charge >= 0.3 is 5.97 Å². The maximum Gasteiger partial charge on any atom is 0.363 e. The summed E-state index contributed by atoms with van der Waals surface area (Å²) in [6.07, 6.45) is 1.65. The van der Waals surface area contributed by atoms with E-state index in [9.17, 15) is 4.79 Å². The van der Waals surface area contributed by atoms with Crippen molar-refractivity contribution in [2.45, 2.75) is 13.5 Å². The van der Waals surface area contributed by atoms with Crippen LogP contribution in [0.4, 0.5) is 0 Å². The quantitative estimate of drug-likeness (QED) is 0.356. The van der Waals surface area contributed by atoms with Crippen molar-refractivity contribution in [3.05, 3.63) is 100 Å². The third-order valence-electron chi connectivity index (χ3n) is 4.54. The summed E-state index contributed by atoms with van der Waals surface area (Å²) in [7, 11) is 0. The number of hydrogen-bond acceptors (Lipinski definition) is 5. The summed E-state index contributed by atoms with van der Waals surface area (Å²) in [5.74, 6) is 1.00. The topological polar surface area (TPSA) is 57.1 Å². The van der Waals surface area contributed by atoms with Gasteiger partial charge in [-0.2, -0.15) is 0 Å². The predicted octanol–water partition coefficient (Wildman–Crippen LogP) is 5.66. The lowest BCUT2D eigenvalue weighted by Crippen LogP contribution is -2.05. The number of cyclic esters (lactones) is 1. The lowest BCUT2D eigenvalue weighted by atomic mass is 10.1. The van der Waals surface area contributed by atoms with Gasteiger partial charge in [-0.1, -0.05) is 41.9 Å². The molecule has 0 unspecified atom stereocenters. The van der Waals surface area contributed by atoms with E-state index in [-0.39, 0.29) is 11.6 Å². The normalized spacial score (nSPS) is 14.3. The largest absolute Gasteiger partial charge is 0.493 e. The van der Waals surface area contributed by atoms with E-state index < -0.39 is 5.97 Å². The van der Waals surface area contributed by atoms with Gasteiger partial charge in [0.2, 0.25) is 5.90 Å². The standard InChI is InChI=1S/C25H20ClNO4/c1-2-29-23-15-21(30-16-17-6-4-3-5-7-17)13-10-19(23)14-22-25(28)31-24(27-22)18-8-11-20(26)12-9-18/h3-15H,2,16H2,1H3/b22-14+. The number of nitrogens with zero attached hydrogens (tertiary/aromatic N) is 1. The van der Waals surface area contributed by atoms with Crippen LogP contribution in [-0.2, 0) is 16.1 Å². The van der Waals surface area contributed by atoms with Gasteiger partial charge in [0.25, 0.3) is 0 Å². The summed E-state index contributed by atoms with van der Waals surface area (Å²) in [4.78, 5) is 16.7. The first-order valence-electron chi connectivity index (χ1n) is 9.84. The van der Waals surface area contributed by atoms with Crippen LogP contribution >= 0.6 is 11.6 Å². The van der Waals surface area contributed by atoms with Crippen molar-refractivity contribution >= 4 is 29.5 Å². The van der Waals surface area contributed by atoms with Crippen molar-refractivity contribution < 1.29 is 19.0 Å². The second-order valence-corrected chi connectivity index (χ2v) is 7.19. The Morgan fingerprint density at radius 3 is 2.52 bits per heavy atom. The van der Waals surface area contributed by atoms with E-state index in [1.54, 1.807) is 30.3 Å². The van der Waals surface area contributed by atoms with Gasteiger partial charge in [-0.05, 0) is 55.0 Å². The average molecular weight is 434 g/mol. The zero-order chi connectivity index (χ0) is 21.6. The van der Waals surface area contributed by atoms with Gasteiger partial charge in [0.05, 0.1) is 6.61 Å². The highest BCUT2D eigenvalue weighted by Gasteiger charge is 2.24. The highest BCUT2D eigenvalue weighted by molar-refractivity contribution is 6.30. The van der Waals surface area contributed by atoms with Gasteiger partial charge in [0.15, 0.2) is 5.70 Å². The van der Waals surface area contributed by atoms with E-state index in [4.69, 9.17) is 25.8 Å². The number of hydrogen-bond donors (Lipinski definition) is 0. The van der Waals surface area contributed by atoms with Crippen LogP contribution in [0.2, 0.25) is 5.02 Å². The van der Waals surface area contributed by atoms with Crippen LogP contribution in [0.15, 0.2) is 83.5 Å². The van der Waals surface area contributed by atoms with E-state index in [0.29, 0.717) is 40.9 Å². The van der Waals surface area contributed by atoms with Crippen LogP contribution in [0.25, 0.3) is 6.08 Å². The molecule has 0 aromatic heterocycles. The number of esters is 1. The zero-order valence-electron chi connectivity index (χ0n) is 16.9. The molecule has 0 aliphatic carbocycles. The van der Waals surface area contributed by atoms with Gasteiger partial charge in [0.1, 0.15) is 18.1 Å². The van der Waals surface area contributed by atoms with Gasteiger partial charge in [-0.15, -0.1) is 0 Å². The van der Waals surface area contributed by atoms with Crippen LogP contribution in [0.1, 0.15) is 23.6 Å². The Morgan fingerprint density at radius 2 is 1.77 bits per heavy atom. The summed E-state index contributed by atoms with van der Waals surface area (Å²) in [6, 6.07) is 22.3. The molecule has 1 aliphatic rings. The molecule has 0 fully saturated rings. The molecule has 3 aromatic carbocycles. The van der Waals surface area contributed by atoms with Crippen molar-refractivity contribution in [3.8, 4) is 11.5 Å². The number of benzene rings is 3. The molecule has 0 N–H and O–H groups in total. The van der Waals surface area contributed by atoms with E-state index in [1.165, 1.54) is 0 Å². The second kappa shape index (κ2) is 9.49. The molecule has 1 aliphatic heterocycles. The molecule has 0 spiro atoms. The lowest BCUT2D eigenvalue weighted by Gasteiger charge is -2.11. The molecule has 4 rings (SSSR count). The first-order valence-corrected chi connectivity index (χ1v) is 10.2. The van der Waals surface area contributed by atoms with Gasteiger partial charge in [-0.25, -0.2) is 9.79 Å². The Hall–Kier alpha value is -3.57. The van der Waals surface area contributed by atoms with Crippen molar-refractivity contribution in [1.82, 2.24) is 0 Å². The molecule has 0 bridgehead atoms. The fourth-order valence-corrected chi connectivity index (χ4v) is 3.14. The predicted molar refractivity (Wildman–Crippen MR) is 120 cm³/mol. The number of rotatable bonds is 7. The smallest absolute Gasteiger partial charge is 0.363 e. The van der Waals surface area contributed by atoms with Gasteiger partial charge in [-0.3, -0.25) is 0 Å². The molecule has 0 saturated heterocycles. The van der Waals surface area contributed by atoms with Crippen LogP contribution < -0.4 is 9.47 Å². The van der Waals surface area contributed by atoms with Gasteiger partial charge < -0.3 is 14.2 Å². The minimum absolute atomic E-state index is 0.198. The Morgan fingerprint density at radius 1 is 1.00 bits per heavy atom. The Balaban J connectivity index is 1.57. The Labute approximate surface area is 185 Å². The molecular formula is C25H20ClNO4. The fourth-order valence-electron chi connectivity index (χ4n) is 3.02. The molecule has 5 nitrogen and oxygen atoms in total. The average Bonchev–Trinajstić information content (AvgIpc) is 3.15. The molecule has 0 amide bonds. The molecule has 0 radical (unpaired) electrons. The van der Waals surface area contributed by atoms with Crippen molar-refractivity contribution in [1.29, 1.82) is 0 Å². The first-order chi connectivity index (χ1) is 15.1. The van der Waals surface area contributed by atoms with E-state index in [0.717, 1.165) is 5.56 Å². The summed E-state index contributed by atoms with van der Waals surface area (Å²) < 4.78 is 17.0. The molecular weight excluding hydrogens is 414 g/mol. The molecule has 156 valence electrons. The Kier molecular flexibility index (Phi) is 6.34. The summed E-state index contributed by atoms with van der Waals surface area (Å²) in [5.41, 5.74) is 2.66. The Bertz CT molecular complexity index is 1140. The maximum atomic E-state index is 12.3. The monoisotopic (exact) mass is 433 g/mol. The third kappa shape index (κ3) is 5.13. The van der Waals surface area contributed by atoms with Gasteiger partial charge in [0, 0.05) is 22.2 Å². The summed E-state index contributed by atoms with van der Waals surface area (Å²) >= 11 is 5.92. The first kappa shape index (κ1) is 20.7. The van der Waals surface area contributed by atoms with Crippen LogP contribution in [0, 0.1) is 0 Å². The number of carbonyl (C=O) groups is 1. The molecule has 0 saturated carbocycles. The number of carbonyl (C=O) groups excluding carboxylic acids is 1. The van der Waals surface area contributed by atoms with E-state index in [2.05, 4.69) is 4.99 Å². The molecule has 31 heavy (non-hydrogen) atoms. The number of aliphatic imine (C=N–C) groups is 1. The lowest BCUT2D eigenvalue weighted by molar-refractivity contribution is -0.129. The van der Waals surface area contributed by atoms with E-state index >= 15 is 0 Å². The van der Waals surface area contributed by atoms with Crippen LogP contribution in [0.3, 0.4) is 0 Å². The minimum atomic E-state index is -0.517. The fraction of sp³-hybridized carbons (Fsp3) is 0.120. The third-order valence-corrected chi connectivity index (χ3v) is 4.79. The molecule has 6 heteroatoms.